The molecule has 0 radical (unpaired) electrons. The van der Waals surface area contributed by atoms with Gasteiger partial charge >= 0.3 is 0 Å². The van der Waals surface area contributed by atoms with E-state index in [4.69, 9.17) is 4.74 Å². The molecule has 2 N–H and O–H groups in total. The molecule has 1 atom stereocenters. The van der Waals surface area contributed by atoms with Crippen LogP contribution in [-0.4, -0.2) is 11.7 Å². The van der Waals surface area contributed by atoms with Crippen molar-refractivity contribution >= 4 is 27.3 Å². The summed E-state index contributed by atoms with van der Waals surface area (Å²) in [5.74, 6) is 0.867. The molecule has 1 aromatic heterocycles. The fourth-order valence-electron chi connectivity index (χ4n) is 2.49. The molecule has 3 nitrogen and oxygen atoms in total. The molecule has 5 heteroatoms. The Kier molecular flexibility index (Phi) is 6.64. The summed E-state index contributed by atoms with van der Waals surface area (Å²) in [6, 6.07) is 20.1. The summed E-state index contributed by atoms with van der Waals surface area (Å²) in [6.45, 7) is 1.69. The maximum absolute atomic E-state index is 10.2. The fraction of sp³-hybridized carbons (Fsp3) is 0.200. The third-order valence-corrected chi connectivity index (χ3v) is 5.36. The van der Waals surface area contributed by atoms with E-state index in [0.717, 1.165) is 26.2 Å². The van der Waals surface area contributed by atoms with Gasteiger partial charge in [0.25, 0.3) is 0 Å². The van der Waals surface area contributed by atoms with Crippen molar-refractivity contribution in [2.24, 2.45) is 0 Å². The highest BCUT2D eigenvalue weighted by molar-refractivity contribution is 9.11. The summed E-state index contributed by atoms with van der Waals surface area (Å²) in [5.41, 5.74) is 3.15. The van der Waals surface area contributed by atoms with E-state index in [1.807, 2.05) is 53.9 Å². The maximum Gasteiger partial charge on any atom is 0.124 e. The Hall–Kier alpha value is -1.66. The van der Waals surface area contributed by atoms with Crippen LogP contribution >= 0.6 is 27.3 Å². The van der Waals surface area contributed by atoms with E-state index in [9.17, 15) is 5.11 Å². The number of nitrogens with one attached hydrogen (secondary N) is 1. The zero-order valence-electron chi connectivity index (χ0n) is 13.7. The topological polar surface area (TPSA) is 41.5 Å². The number of hydrogen-bond acceptors (Lipinski definition) is 4. The normalized spacial score (nSPS) is 12.1. The third-order valence-electron chi connectivity index (χ3n) is 3.84. The van der Waals surface area contributed by atoms with Crippen LogP contribution in [0.25, 0.3) is 0 Å². The summed E-state index contributed by atoms with van der Waals surface area (Å²) < 4.78 is 6.99. The van der Waals surface area contributed by atoms with E-state index in [2.05, 4.69) is 33.4 Å². The second-order valence-electron chi connectivity index (χ2n) is 5.71. The van der Waals surface area contributed by atoms with Crippen molar-refractivity contribution in [3.8, 4) is 5.75 Å². The van der Waals surface area contributed by atoms with Gasteiger partial charge < -0.3 is 15.2 Å². The van der Waals surface area contributed by atoms with Gasteiger partial charge in [-0.2, -0.15) is 0 Å². The first kappa shape index (κ1) is 18.1. The van der Waals surface area contributed by atoms with Crippen LogP contribution in [-0.2, 0) is 13.2 Å². The molecule has 0 spiro atoms. The van der Waals surface area contributed by atoms with E-state index in [1.54, 1.807) is 11.3 Å². The van der Waals surface area contributed by atoms with E-state index in [0.29, 0.717) is 19.7 Å². The first-order chi connectivity index (χ1) is 12.2. The predicted molar refractivity (Wildman–Crippen MR) is 106 cm³/mol. The molecule has 2 aromatic carbocycles. The summed E-state index contributed by atoms with van der Waals surface area (Å²) >= 11 is 5.00. The molecule has 3 rings (SSSR count). The van der Waals surface area contributed by atoms with Gasteiger partial charge in [0, 0.05) is 18.7 Å². The van der Waals surface area contributed by atoms with Gasteiger partial charge in [0.15, 0.2) is 0 Å². The number of rotatable bonds is 8. The quantitative estimate of drug-likeness (QED) is 0.546. The lowest BCUT2D eigenvalue weighted by atomic mass is 10.1. The van der Waals surface area contributed by atoms with Crippen LogP contribution in [0.2, 0.25) is 0 Å². The molecule has 0 saturated heterocycles. The third kappa shape index (κ3) is 5.41. The largest absolute Gasteiger partial charge is 0.489 e. The number of halogens is 1. The number of hydrogen-bond donors (Lipinski definition) is 2. The van der Waals surface area contributed by atoms with Crippen LogP contribution in [0.1, 0.15) is 22.8 Å². The Morgan fingerprint density at radius 1 is 1.08 bits per heavy atom. The second-order valence-corrected chi connectivity index (χ2v) is 8.00. The molecule has 0 aliphatic rings. The Bertz CT molecular complexity index is 791. The highest BCUT2D eigenvalue weighted by Crippen LogP contribution is 2.25. The van der Waals surface area contributed by atoms with Crippen LogP contribution in [0, 0.1) is 0 Å². The first-order valence-electron chi connectivity index (χ1n) is 8.10. The number of para-hydroxylation sites is 1. The van der Waals surface area contributed by atoms with E-state index < -0.39 is 6.10 Å². The van der Waals surface area contributed by atoms with Gasteiger partial charge in [-0.25, -0.2) is 0 Å². The monoisotopic (exact) mass is 417 g/mol. The molecule has 0 amide bonds. The van der Waals surface area contributed by atoms with Gasteiger partial charge in [0.2, 0.25) is 0 Å². The van der Waals surface area contributed by atoms with Gasteiger partial charge in [0.05, 0.1) is 9.89 Å². The minimum atomic E-state index is -0.514. The molecular formula is C20H20BrNO2S. The van der Waals surface area contributed by atoms with Crippen LogP contribution in [0.4, 0.5) is 0 Å². The molecular weight excluding hydrogens is 398 g/mol. The Balaban J connectivity index is 1.54. The van der Waals surface area contributed by atoms with Gasteiger partial charge in [-0.15, -0.1) is 11.3 Å². The molecule has 3 aromatic rings. The summed E-state index contributed by atoms with van der Waals surface area (Å²) in [5, 5.41) is 15.5. The Morgan fingerprint density at radius 3 is 2.60 bits per heavy atom. The average molecular weight is 418 g/mol. The van der Waals surface area contributed by atoms with E-state index >= 15 is 0 Å². The first-order valence-corrected chi connectivity index (χ1v) is 9.77. The SMILES string of the molecule is O[C@H](CNCc1ccccc1OCc1ccccc1)c1csc(Br)c1. The highest BCUT2D eigenvalue weighted by Gasteiger charge is 2.10. The van der Waals surface area contributed by atoms with E-state index in [-0.39, 0.29) is 0 Å². The molecule has 0 aliphatic carbocycles. The van der Waals surface area contributed by atoms with Crippen molar-refractivity contribution in [2.75, 3.05) is 6.54 Å². The van der Waals surface area contributed by atoms with Gasteiger partial charge in [-0.05, 0) is 44.6 Å². The fourth-order valence-corrected chi connectivity index (χ4v) is 3.71. The smallest absolute Gasteiger partial charge is 0.124 e. The van der Waals surface area contributed by atoms with E-state index in [1.165, 1.54) is 0 Å². The maximum atomic E-state index is 10.2. The molecule has 0 bridgehead atoms. The number of thiophene rings is 1. The van der Waals surface area contributed by atoms with Crippen molar-refractivity contribution in [3.63, 3.8) is 0 Å². The lowest BCUT2D eigenvalue weighted by molar-refractivity contribution is 0.174. The van der Waals surface area contributed by atoms with Crippen molar-refractivity contribution in [1.82, 2.24) is 5.32 Å². The lowest BCUT2D eigenvalue weighted by Crippen LogP contribution is -2.21. The summed E-state index contributed by atoms with van der Waals surface area (Å²) in [6.07, 6.45) is -0.514. The molecule has 0 saturated carbocycles. The van der Waals surface area contributed by atoms with Crippen LogP contribution in [0.15, 0.2) is 69.8 Å². The molecule has 0 aliphatic heterocycles. The van der Waals surface area contributed by atoms with Crippen molar-refractivity contribution in [1.29, 1.82) is 0 Å². The van der Waals surface area contributed by atoms with Gasteiger partial charge in [-0.3, -0.25) is 0 Å². The van der Waals surface area contributed by atoms with Crippen LogP contribution < -0.4 is 10.1 Å². The molecule has 0 unspecified atom stereocenters. The zero-order valence-corrected chi connectivity index (χ0v) is 16.1. The Morgan fingerprint density at radius 2 is 1.84 bits per heavy atom. The Labute approximate surface area is 160 Å². The van der Waals surface area contributed by atoms with Crippen molar-refractivity contribution in [2.45, 2.75) is 19.3 Å². The minimum absolute atomic E-state index is 0.496. The van der Waals surface area contributed by atoms with Crippen LogP contribution in [0.3, 0.4) is 0 Å². The molecule has 130 valence electrons. The predicted octanol–water partition coefficient (Wildman–Crippen LogP) is 4.91. The summed E-state index contributed by atoms with van der Waals surface area (Å²) in [4.78, 5) is 0. The zero-order chi connectivity index (χ0) is 17.5. The molecule has 25 heavy (non-hydrogen) atoms. The number of aliphatic hydroxyl groups is 1. The molecule has 1 heterocycles. The van der Waals surface area contributed by atoms with Crippen molar-refractivity contribution < 1.29 is 9.84 Å². The standard InChI is InChI=1S/C20H20BrNO2S/c21-20-10-17(14-25-20)18(23)12-22-11-16-8-4-5-9-19(16)24-13-15-6-2-1-3-7-15/h1-10,14,18,22-23H,11-13H2/t18-/m1/s1. The molecule has 0 fully saturated rings. The van der Waals surface area contributed by atoms with Gasteiger partial charge in [-0.1, -0.05) is 48.5 Å². The van der Waals surface area contributed by atoms with Gasteiger partial charge in [0.1, 0.15) is 12.4 Å². The number of benzene rings is 2. The second kappa shape index (κ2) is 9.15. The van der Waals surface area contributed by atoms with Crippen LogP contribution in [0.5, 0.6) is 5.75 Å². The summed E-state index contributed by atoms with van der Waals surface area (Å²) in [7, 11) is 0. The average Bonchev–Trinajstić information content (AvgIpc) is 3.08. The number of ether oxygens (including phenoxy) is 1. The lowest BCUT2D eigenvalue weighted by Gasteiger charge is -2.14. The number of aliphatic hydroxyl groups excluding tert-OH is 1. The highest BCUT2D eigenvalue weighted by atomic mass is 79.9. The minimum Gasteiger partial charge on any atom is -0.489 e. The van der Waals surface area contributed by atoms with Crippen molar-refractivity contribution in [3.05, 3.63) is 86.5 Å².